The summed E-state index contributed by atoms with van der Waals surface area (Å²) >= 11 is 0. The first-order valence-corrected chi connectivity index (χ1v) is 8.89. The van der Waals surface area contributed by atoms with Gasteiger partial charge in [-0.05, 0) is 37.7 Å². The molecule has 0 radical (unpaired) electrons. The number of amides is 2. The van der Waals surface area contributed by atoms with Gasteiger partial charge in [-0.3, -0.25) is 9.59 Å². The summed E-state index contributed by atoms with van der Waals surface area (Å²) in [5.41, 5.74) is 7.33. The van der Waals surface area contributed by atoms with Crippen LogP contribution in [0.25, 0.3) is 0 Å². The smallest absolute Gasteiger partial charge is 0.224 e. The molecule has 2 atom stereocenters. The maximum atomic E-state index is 12.4. The second kappa shape index (κ2) is 11.1. The van der Waals surface area contributed by atoms with E-state index in [0.717, 1.165) is 32.1 Å². The number of carbonyl (C=O) groups is 2. The second-order valence-corrected chi connectivity index (χ2v) is 6.69. The van der Waals surface area contributed by atoms with Crippen LogP contribution < -0.4 is 11.1 Å². The van der Waals surface area contributed by atoms with Gasteiger partial charge in [0.05, 0.1) is 5.92 Å². The van der Waals surface area contributed by atoms with Crippen LogP contribution in [-0.2, 0) is 16.0 Å². The molecule has 0 bridgehead atoms. The first kappa shape index (κ1) is 21.5. The van der Waals surface area contributed by atoms with E-state index in [1.54, 1.807) is 4.90 Å². The predicted octanol–water partition coefficient (Wildman–Crippen LogP) is 2.13. The van der Waals surface area contributed by atoms with Crippen molar-refractivity contribution in [1.29, 1.82) is 0 Å². The lowest BCUT2D eigenvalue weighted by atomic mass is 10.0. The SMILES string of the molecule is CC(=O)N1C[C@@H](N)CC[C@@H](C(=O)NCCCCc2ccccc2)C1.Cl. The van der Waals surface area contributed by atoms with E-state index in [1.165, 1.54) is 12.5 Å². The van der Waals surface area contributed by atoms with Crippen LogP contribution in [0.2, 0.25) is 0 Å². The standard InChI is InChI=1S/C19H29N3O2.ClH/c1-15(23)22-13-17(10-11-18(20)14-22)19(24)21-12-6-5-9-16-7-3-2-4-8-16;/h2-4,7-8,17-18H,5-6,9-14,20H2,1H3,(H,21,24);1H/t17-,18+;/m1./s1. The summed E-state index contributed by atoms with van der Waals surface area (Å²) in [5.74, 6) is -0.0976. The Hall–Kier alpha value is -1.59. The Morgan fingerprint density at radius 1 is 1.16 bits per heavy atom. The summed E-state index contributed by atoms with van der Waals surface area (Å²) < 4.78 is 0. The van der Waals surface area contributed by atoms with Crippen LogP contribution in [0, 0.1) is 5.92 Å². The number of aryl methyl sites for hydroxylation is 1. The fourth-order valence-corrected chi connectivity index (χ4v) is 3.15. The van der Waals surface area contributed by atoms with Crippen LogP contribution in [0.1, 0.15) is 38.2 Å². The number of benzene rings is 1. The third-order valence-electron chi connectivity index (χ3n) is 4.63. The summed E-state index contributed by atoms with van der Waals surface area (Å²) in [6.45, 7) is 3.26. The average Bonchev–Trinajstić information content (AvgIpc) is 2.77. The van der Waals surface area contributed by atoms with Crippen LogP contribution in [0.5, 0.6) is 0 Å². The van der Waals surface area contributed by atoms with Gasteiger partial charge >= 0.3 is 0 Å². The van der Waals surface area contributed by atoms with E-state index >= 15 is 0 Å². The van der Waals surface area contributed by atoms with Gasteiger partial charge in [0.2, 0.25) is 11.8 Å². The van der Waals surface area contributed by atoms with Gasteiger partial charge in [-0.1, -0.05) is 30.3 Å². The van der Waals surface area contributed by atoms with E-state index < -0.39 is 0 Å². The zero-order chi connectivity index (χ0) is 17.4. The van der Waals surface area contributed by atoms with Gasteiger partial charge in [-0.2, -0.15) is 0 Å². The van der Waals surface area contributed by atoms with Crippen LogP contribution in [0.3, 0.4) is 0 Å². The zero-order valence-corrected chi connectivity index (χ0v) is 15.8. The van der Waals surface area contributed by atoms with Gasteiger partial charge in [-0.25, -0.2) is 0 Å². The van der Waals surface area contributed by atoms with Crippen LogP contribution in [0.4, 0.5) is 0 Å². The molecule has 5 nitrogen and oxygen atoms in total. The van der Waals surface area contributed by atoms with Gasteiger partial charge < -0.3 is 16.0 Å². The average molecular weight is 368 g/mol. The number of carbonyl (C=O) groups excluding carboxylic acids is 2. The summed E-state index contributed by atoms with van der Waals surface area (Å²) in [7, 11) is 0. The molecule has 1 aromatic rings. The van der Waals surface area contributed by atoms with Crippen molar-refractivity contribution in [2.75, 3.05) is 19.6 Å². The van der Waals surface area contributed by atoms with Crippen LogP contribution >= 0.6 is 12.4 Å². The van der Waals surface area contributed by atoms with E-state index in [9.17, 15) is 9.59 Å². The van der Waals surface area contributed by atoms with Gasteiger partial charge in [0.15, 0.2) is 0 Å². The maximum Gasteiger partial charge on any atom is 0.224 e. The third-order valence-corrected chi connectivity index (χ3v) is 4.63. The van der Waals surface area contributed by atoms with Crippen molar-refractivity contribution in [3.63, 3.8) is 0 Å². The van der Waals surface area contributed by atoms with Crippen molar-refractivity contribution in [3.05, 3.63) is 35.9 Å². The Kier molecular flexibility index (Phi) is 9.53. The molecule has 1 saturated heterocycles. The molecular weight excluding hydrogens is 338 g/mol. The highest BCUT2D eigenvalue weighted by Crippen LogP contribution is 2.16. The Labute approximate surface area is 156 Å². The minimum Gasteiger partial charge on any atom is -0.356 e. The van der Waals surface area contributed by atoms with Crippen molar-refractivity contribution in [1.82, 2.24) is 10.2 Å². The lowest BCUT2D eigenvalue weighted by Gasteiger charge is -2.23. The fourth-order valence-electron chi connectivity index (χ4n) is 3.15. The molecule has 0 unspecified atom stereocenters. The number of nitrogens with two attached hydrogens (primary N) is 1. The molecule has 2 amide bonds. The second-order valence-electron chi connectivity index (χ2n) is 6.69. The first-order chi connectivity index (χ1) is 11.6. The lowest BCUT2D eigenvalue weighted by molar-refractivity contribution is -0.131. The summed E-state index contributed by atoms with van der Waals surface area (Å²) in [6, 6.07) is 10.3. The summed E-state index contributed by atoms with van der Waals surface area (Å²) in [6.07, 6.45) is 4.59. The number of nitrogens with zero attached hydrogens (tertiary/aromatic N) is 1. The van der Waals surface area contributed by atoms with Gasteiger partial charge in [-0.15, -0.1) is 12.4 Å². The van der Waals surface area contributed by atoms with E-state index in [2.05, 4.69) is 29.6 Å². The molecular formula is C19H30ClN3O2. The highest BCUT2D eigenvalue weighted by molar-refractivity contribution is 5.85. The largest absolute Gasteiger partial charge is 0.356 e. The molecule has 1 aliphatic heterocycles. The number of rotatable bonds is 6. The number of likely N-dealkylation sites (tertiary alicyclic amines) is 1. The molecule has 1 aromatic carbocycles. The van der Waals surface area contributed by atoms with Gasteiger partial charge in [0.1, 0.15) is 0 Å². The zero-order valence-electron chi connectivity index (χ0n) is 14.9. The van der Waals surface area contributed by atoms with Crippen molar-refractivity contribution in [3.8, 4) is 0 Å². The number of hydrogen-bond donors (Lipinski definition) is 2. The molecule has 1 fully saturated rings. The molecule has 2 rings (SSSR count). The maximum absolute atomic E-state index is 12.4. The van der Waals surface area contributed by atoms with Crippen molar-refractivity contribution in [2.45, 2.75) is 45.1 Å². The van der Waals surface area contributed by atoms with E-state index in [0.29, 0.717) is 19.6 Å². The first-order valence-electron chi connectivity index (χ1n) is 8.89. The number of hydrogen-bond acceptors (Lipinski definition) is 3. The van der Waals surface area contributed by atoms with Crippen molar-refractivity contribution < 1.29 is 9.59 Å². The van der Waals surface area contributed by atoms with Gasteiger partial charge in [0, 0.05) is 32.6 Å². The number of halogens is 1. The third kappa shape index (κ3) is 7.45. The minimum absolute atomic E-state index is 0. The van der Waals surface area contributed by atoms with Crippen LogP contribution in [-0.4, -0.2) is 42.4 Å². The van der Waals surface area contributed by atoms with E-state index in [4.69, 9.17) is 5.73 Å². The van der Waals surface area contributed by atoms with Crippen molar-refractivity contribution >= 4 is 24.2 Å². The molecule has 0 saturated carbocycles. The minimum atomic E-state index is -0.142. The van der Waals surface area contributed by atoms with Crippen LogP contribution in [0.15, 0.2) is 30.3 Å². The molecule has 0 spiro atoms. The Morgan fingerprint density at radius 3 is 2.56 bits per heavy atom. The quantitative estimate of drug-likeness (QED) is 0.756. The molecule has 1 aliphatic rings. The van der Waals surface area contributed by atoms with Gasteiger partial charge in [0.25, 0.3) is 0 Å². The monoisotopic (exact) mass is 367 g/mol. The molecule has 0 aromatic heterocycles. The highest BCUT2D eigenvalue weighted by Gasteiger charge is 2.27. The van der Waals surface area contributed by atoms with E-state index in [1.807, 2.05) is 6.07 Å². The lowest BCUT2D eigenvalue weighted by Crippen LogP contribution is -2.42. The van der Waals surface area contributed by atoms with Crippen molar-refractivity contribution in [2.24, 2.45) is 11.7 Å². The number of unbranched alkanes of at least 4 members (excludes halogenated alkanes) is 1. The molecule has 6 heteroatoms. The molecule has 0 aliphatic carbocycles. The normalized spacial score (nSPS) is 20.3. The molecule has 1 heterocycles. The Balaban J connectivity index is 0.00000312. The topological polar surface area (TPSA) is 75.4 Å². The summed E-state index contributed by atoms with van der Waals surface area (Å²) in [5, 5.41) is 3.02. The molecule has 25 heavy (non-hydrogen) atoms. The fraction of sp³-hybridized carbons (Fsp3) is 0.579. The molecule has 3 N–H and O–H groups in total. The number of nitrogens with one attached hydrogen (secondary N) is 1. The predicted molar refractivity (Wildman–Crippen MR) is 103 cm³/mol. The molecule has 140 valence electrons. The Bertz CT molecular complexity index is 539. The van der Waals surface area contributed by atoms with E-state index in [-0.39, 0.29) is 36.2 Å². The summed E-state index contributed by atoms with van der Waals surface area (Å²) in [4.78, 5) is 25.7. The highest BCUT2D eigenvalue weighted by atomic mass is 35.5. The Morgan fingerprint density at radius 2 is 1.88 bits per heavy atom.